The summed E-state index contributed by atoms with van der Waals surface area (Å²) < 4.78 is 1.79. The van der Waals surface area contributed by atoms with Gasteiger partial charge in [0.15, 0.2) is 5.65 Å². The van der Waals surface area contributed by atoms with Gasteiger partial charge in [0.25, 0.3) is 5.91 Å². The fraction of sp³-hybridized carbons (Fsp3) is 0.353. The molecule has 4 rings (SSSR count). The molecule has 0 radical (unpaired) electrons. The fourth-order valence-corrected chi connectivity index (χ4v) is 4.02. The lowest BCUT2D eigenvalue weighted by Crippen LogP contribution is -2.35. The van der Waals surface area contributed by atoms with Crippen molar-refractivity contribution in [1.82, 2.24) is 19.9 Å². The molecule has 0 aromatic carbocycles. The number of amides is 1. The van der Waals surface area contributed by atoms with Crippen molar-refractivity contribution in [1.29, 1.82) is 0 Å². The number of fused-ring (bicyclic) bond motifs is 1. The van der Waals surface area contributed by atoms with Crippen LogP contribution in [0.15, 0.2) is 36.0 Å². The van der Waals surface area contributed by atoms with E-state index in [4.69, 9.17) is 0 Å². The molecule has 118 valence electrons. The van der Waals surface area contributed by atoms with Crippen LogP contribution in [0.1, 0.15) is 35.9 Å². The number of carbonyl (C=O) groups is 1. The van der Waals surface area contributed by atoms with Crippen molar-refractivity contribution >= 4 is 22.9 Å². The van der Waals surface area contributed by atoms with Gasteiger partial charge in [-0.15, -0.1) is 11.3 Å². The number of carbonyl (C=O) groups excluding carboxylic acids is 1. The van der Waals surface area contributed by atoms with E-state index in [9.17, 15) is 4.79 Å². The quantitative estimate of drug-likeness (QED) is 0.803. The monoisotopic (exact) mass is 326 g/mol. The van der Waals surface area contributed by atoms with E-state index in [1.807, 2.05) is 23.6 Å². The average Bonchev–Trinajstić information content (AvgIpc) is 3.27. The number of hydrogen-bond donors (Lipinski definition) is 1. The molecule has 1 saturated carbocycles. The van der Waals surface area contributed by atoms with Gasteiger partial charge in [0.2, 0.25) is 0 Å². The molecule has 0 spiro atoms. The van der Waals surface area contributed by atoms with Gasteiger partial charge in [-0.2, -0.15) is 5.10 Å². The standard InChI is InChI=1S/C17H18N4OS/c1-11-4-2-5-13(11)20-17(22)15-8-12(10-23-15)14-9-18-16-6-3-7-19-21(14)16/h3,6-11,13H,2,4-5H2,1H3,(H,20,22). The molecule has 3 heterocycles. The summed E-state index contributed by atoms with van der Waals surface area (Å²) in [5.41, 5.74) is 2.69. The molecule has 1 aliphatic carbocycles. The van der Waals surface area contributed by atoms with Crippen molar-refractivity contribution in [3.63, 3.8) is 0 Å². The molecule has 23 heavy (non-hydrogen) atoms. The number of nitrogens with one attached hydrogen (secondary N) is 1. The van der Waals surface area contributed by atoms with Crippen LogP contribution in [-0.4, -0.2) is 26.5 Å². The van der Waals surface area contributed by atoms with Crippen LogP contribution in [0.5, 0.6) is 0 Å². The number of hydrogen-bond acceptors (Lipinski definition) is 4. The Kier molecular flexibility index (Phi) is 3.61. The largest absolute Gasteiger partial charge is 0.348 e. The number of nitrogens with zero attached hydrogens (tertiary/aromatic N) is 3. The Morgan fingerprint density at radius 3 is 3.17 bits per heavy atom. The highest BCUT2D eigenvalue weighted by Crippen LogP contribution is 2.28. The van der Waals surface area contributed by atoms with Crippen molar-refractivity contribution in [3.05, 3.63) is 40.8 Å². The summed E-state index contributed by atoms with van der Waals surface area (Å²) in [5, 5.41) is 9.49. The molecule has 6 heteroatoms. The molecule has 1 amide bonds. The molecule has 5 nitrogen and oxygen atoms in total. The predicted octanol–water partition coefficient (Wildman–Crippen LogP) is 3.38. The summed E-state index contributed by atoms with van der Waals surface area (Å²) in [5.74, 6) is 0.600. The molecular weight excluding hydrogens is 308 g/mol. The molecule has 0 bridgehead atoms. The zero-order chi connectivity index (χ0) is 15.8. The smallest absolute Gasteiger partial charge is 0.261 e. The minimum Gasteiger partial charge on any atom is -0.348 e. The topological polar surface area (TPSA) is 59.3 Å². The van der Waals surface area contributed by atoms with E-state index in [1.54, 1.807) is 16.9 Å². The highest BCUT2D eigenvalue weighted by atomic mass is 32.1. The van der Waals surface area contributed by atoms with Crippen LogP contribution in [0.3, 0.4) is 0 Å². The molecule has 3 aromatic rings. The maximum Gasteiger partial charge on any atom is 0.261 e. The van der Waals surface area contributed by atoms with E-state index in [2.05, 4.69) is 22.3 Å². The van der Waals surface area contributed by atoms with E-state index < -0.39 is 0 Å². The van der Waals surface area contributed by atoms with Gasteiger partial charge in [0.1, 0.15) is 0 Å². The van der Waals surface area contributed by atoms with E-state index in [0.29, 0.717) is 12.0 Å². The predicted molar refractivity (Wildman–Crippen MR) is 90.6 cm³/mol. The van der Waals surface area contributed by atoms with Gasteiger partial charge in [-0.1, -0.05) is 13.3 Å². The first-order valence-corrected chi connectivity index (χ1v) is 8.79. The molecule has 1 aliphatic rings. The molecular formula is C17H18N4OS. The summed E-state index contributed by atoms with van der Waals surface area (Å²) in [6.45, 7) is 2.21. The number of imidazole rings is 1. The minimum atomic E-state index is 0.0294. The van der Waals surface area contributed by atoms with Gasteiger partial charge < -0.3 is 5.32 Å². The highest BCUT2D eigenvalue weighted by Gasteiger charge is 2.25. The fourth-order valence-electron chi connectivity index (χ4n) is 3.22. The zero-order valence-electron chi connectivity index (χ0n) is 12.9. The van der Waals surface area contributed by atoms with Gasteiger partial charge in [0, 0.05) is 23.2 Å². The Morgan fingerprint density at radius 1 is 1.43 bits per heavy atom. The third kappa shape index (κ3) is 2.63. The lowest BCUT2D eigenvalue weighted by molar-refractivity contribution is 0.0934. The molecule has 0 saturated heterocycles. The van der Waals surface area contributed by atoms with E-state index in [-0.39, 0.29) is 5.91 Å². The first-order valence-electron chi connectivity index (χ1n) is 7.91. The number of aromatic nitrogens is 3. The lowest BCUT2D eigenvalue weighted by atomic mass is 10.1. The molecule has 0 aliphatic heterocycles. The molecule has 1 N–H and O–H groups in total. The van der Waals surface area contributed by atoms with Crippen molar-refractivity contribution in [2.45, 2.75) is 32.2 Å². The van der Waals surface area contributed by atoms with Gasteiger partial charge in [-0.25, -0.2) is 9.50 Å². The summed E-state index contributed by atoms with van der Waals surface area (Å²) in [6, 6.07) is 6.02. The minimum absolute atomic E-state index is 0.0294. The van der Waals surface area contributed by atoms with Gasteiger partial charge >= 0.3 is 0 Å². The Balaban J connectivity index is 1.58. The van der Waals surface area contributed by atoms with Crippen LogP contribution < -0.4 is 5.32 Å². The van der Waals surface area contributed by atoms with E-state index in [0.717, 1.165) is 28.2 Å². The van der Waals surface area contributed by atoms with Gasteiger partial charge in [-0.05, 0) is 37.0 Å². The Labute approximate surface area is 138 Å². The number of rotatable bonds is 3. The first kappa shape index (κ1) is 14.4. The second-order valence-corrected chi connectivity index (χ2v) is 7.04. The summed E-state index contributed by atoms with van der Waals surface area (Å²) >= 11 is 1.47. The van der Waals surface area contributed by atoms with Gasteiger partial charge in [-0.3, -0.25) is 4.79 Å². The third-order valence-electron chi connectivity index (χ3n) is 4.57. The van der Waals surface area contributed by atoms with E-state index in [1.165, 1.54) is 24.2 Å². The normalized spacial score (nSPS) is 20.9. The van der Waals surface area contributed by atoms with Crippen LogP contribution in [-0.2, 0) is 0 Å². The molecule has 2 atom stereocenters. The van der Waals surface area contributed by atoms with Crippen LogP contribution in [0.2, 0.25) is 0 Å². The zero-order valence-corrected chi connectivity index (χ0v) is 13.7. The van der Waals surface area contributed by atoms with Crippen molar-refractivity contribution in [2.24, 2.45) is 5.92 Å². The number of thiophene rings is 1. The maximum atomic E-state index is 12.5. The third-order valence-corrected chi connectivity index (χ3v) is 5.50. The Morgan fingerprint density at radius 2 is 2.35 bits per heavy atom. The maximum absolute atomic E-state index is 12.5. The second kappa shape index (κ2) is 5.77. The summed E-state index contributed by atoms with van der Waals surface area (Å²) in [4.78, 5) is 17.5. The molecule has 3 aromatic heterocycles. The Bertz CT molecular complexity index is 853. The SMILES string of the molecule is CC1CCCC1NC(=O)c1cc(-c2cnc3cccnn23)cs1. The van der Waals surface area contributed by atoms with E-state index >= 15 is 0 Å². The first-order chi connectivity index (χ1) is 11.2. The molecule has 2 unspecified atom stereocenters. The average molecular weight is 326 g/mol. The summed E-state index contributed by atoms with van der Waals surface area (Å²) in [6.07, 6.45) is 7.02. The molecule has 1 fully saturated rings. The van der Waals surface area contributed by atoms with Crippen molar-refractivity contribution < 1.29 is 4.79 Å². The lowest BCUT2D eigenvalue weighted by Gasteiger charge is -2.16. The van der Waals surface area contributed by atoms with Crippen LogP contribution >= 0.6 is 11.3 Å². The summed E-state index contributed by atoms with van der Waals surface area (Å²) in [7, 11) is 0. The highest BCUT2D eigenvalue weighted by molar-refractivity contribution is 7.12. The van der Waals surface area contributed by atoms with Crippen LogP contribution in [0.4, 0.5) is 0 Å². The van der Waals surface area contributed by atoms with Crippen molar-refractivity contribution in [2.75, 3.05) is 0 Å². The van der Waals surface area contributed by atoms with Gasteiger partial charge in [0.05, 0.1) is 16.8 Å². The Hall–Kier alpha value is -2.21. The van der Waals surface area contributed by atoms with Crippen LogP contribution in [0, 0.1) is 5.92 Å². The van der Waals surface area contributed by atoms with Crippen molar-refractivity contribution in [3.8, 4) is 11.3 Å². The van der Waals surface area contributed by atoms with Crippen LogP contribution in [0.25, 0.3) is 16.9 Å². The second-order valence-electron chi connectivity index (χ2n) is 6.12.